The third kappa shape index (κ3) is 3.33. The van der Waals surface area contributed by atoms with Crippen LogP contribution in [0.25, 0.3) is 10.6 Å². The maximum absolute atomic E-state index is 4.67. The van der Waals surface area contributed by atoms with Gasteiger partial charge >= 0.3 is 0 Å². The summed E-state index contributed by atoms with van der Waals surface area (Å²) in [5.74, 6) is 2.18. The molecule has 0 atom stereocenters. The highest BCUT2D eigenvalue weighted by Crippen LogP contribution is 2.25. The van der Waals surface area contributed by atoms with Gasteiger partial charge in [0.1, 0.15) is 5.01 Å². The number of thioether (sulfide) groups is 1. The van der Waals surface area contributed by atoms with Gasteiger partial charge in [-0.2, -0.15) is 11.8 Å². The second-order valence-electron chi connectivity index (χ2n) is 3.83. The lowest BCUT2D eigenvalue weighted by molar-refractivity contribution is 1.14. The molecule has 2 aromatic rings. The van der Waals surface area contributed by atoms with Crippen LogP contribution in [0.2, 0.25) is 0 Å². The predicted octanol–water partition coefficient (Wildman–Crippen LogP) is 4.63. The van der Waals surface area contributed by atoms with Crippen molar-refractivity contribution in [1.82, 2.24) is 4.98 Å². The summed E-state index contributed by atoms with van der Waals surface area (Å²) in [5, 5.41) is 3.31. The fraction of sp³-hybridized carbons (Fsp3) is 0.357. The van der Waals surface area contributed by atoms with Gasteiger partial charge in [-0.05, 0) is 17.7 Å². The Morgan fingerprint density at radius 3 is 2.59 bits per heavy atom. The van der Waals surface area contributed by atoms with E-state index in [1.165, 1.54) is 16.8 Å². The Labute approximate surface area is 111 Å². The summed E-state index contributed by atoms with van der Waals surface area (Å²) in [5.41, 5.74) is 3.82. The van der Waals surface area contributed by atoms with Gasteiger partial charge in [-0.3, -0.25) is 0 Å². The quantitative estimate of drug-likeness (QED) is 0.780. The molecule has 17 heavy (non-hydrogen) atoms. The monoisotopic (exact) mass is 263 g/mol. The largest absolute Gasteiger partial charge is 0.240 e. The normalized spacial score (nSPS) is 10.7. The maximum Gasteiger partial charge on any atom is 0.123 e. The van der Waals surface area contributed by atoms with Crippen molar-refractivity contribution in [2.24, 2.45) is 0 Å². The van der Waals surface area contributed by atoms with Crippen LogP contribution in [-0.2, 0) is 12.2 Å². The summed E-state index contributed by atoms with van der Waals surface area (Å²) in [6, 6.07) is 8.73. The van der Waals surface area contributed by atoms with E-state index >= 15 is 0 Å². The molecule has 0 saturated carbocycles. The SMILES string of the molecule is CCSCc1csc(-c2ccc(CC)cc2)n1. The summed E-state index contributed by atoms with van der Waals surface area (Å²) in [6.07, 6.45) is 1.09. The average molecular weight is 263 g/mol. The topological polar surface area (TPSA) is 12.9 Å². The number of hydrogen-bond acceptors (Lipinski definition) is 3. The molecule has 0 amide bonds. The lowest BCUT2D eigenvalue weighted by Gasteiger charge is -1.99. The first-order chi connectivity index (χ1) is 8.33. The van der Waals surface area contributed by atoms with Crippen molar-refractivity contribution in [3.8, 4) is 10.6 Å². The van der Waals surface area contributed by atoms with Crippen LogP contribution in [0.3, 0.4) is 0 Å². The van der Waals surface area contributed by atoms with Crippen LogP contribution < -0.4 is 0 Å². The van der Waals surface area contributed by atoms with Gasteiger partial charge in [0.15, 0.2) is 0 Å². The first kappa shape index (κ1) is 12.7. The van der Waals surface area contributed by atoms with E-state index in [1.807, 2.05) is 11.8 Å². The van der Waals surface area contributed by atoms with E-state index in [0.29, 0.717) is 0 Å². The van der Waals surface area contributed by atoms with Crippen LogP contribution in [0.5, 0.6) is 0 Å². The molecule has 0 fully saturated rings. The highest BCUT2D eigenvalue weighted by molar-refractivity contribution is 7.98. The van der Waals surface area contributed by atoms with Gasteiger partial charge in [-0.1, -0.05) is 38.1 Å². The average Bonchev–Trinajstić information content (AvgIpc) is 2.85. The van der Waals surface area contributed by atoms with E-state index in [4.69, 9.17) is 0 Å². The van der Waals surface area contributed by atoms with E-state index in [0.717, 1.165) is 22.9 Å². The molecule has 0 aliphatic rings. The third-order valence-corrected chi connectivity index (χ3v) is 4.46. The molecule has 0 spiro atoms. The van der Waals surface area contributed by atoms with E-state index in [1.54, 1.807) is 11.3 Å². The van der Waals surface area contributed by atoms with Gasteiger partial charge in [-0.25, -0.2) is 4.98 Å². The van der Waals surface area contributed by atoms with Gasteiger partial charge in [0.2, 0.25) is 0 Å². The molecule has 1 nitrogen and oxygen atoms in total. The number of hydrogen-bond donors (Lipinski definition) is 0. The molecule has 0 radical (unpaired) electrons. The molecular formula is C14H17NS2. The van der Waals surface area contributed by atoms with Gasteiger partial charge in [0.25, 0.3) is 0 Å². The number of aryl methyl sites for hydroxylation is 1. The molecule has 90 valence electrons. The van der Waals surface area contributed by atoms with Crippen molar-refractivity contribution in [3.05, 3.63) is 40.9 Å². The lowest BCUT2D eigenvalue weighted by Crippen LogP contribution is -1.83. The smallest absolute Gasteiger partial charge is 0.123 e. The van der Waals surface area contributed by atoms with Crippen LogP contribution in [0.15, 0.2) is 29.6 Å². The molecule has 1 heterocycles. The molecule has 0 aliphatic heterocycles. The van der Waals surface area contributed by atoms with Crippen molar-refractivity contribution in [3.63, 3.8) is 0 Å². The van der Waals surface area contributed by atoms with Crippen LogP contribution >= 0.6 is 23.1 Å². The van der Waals surface area contributed by atoms with Crippen LogP contribution in [-0.4, -0.2) is 10.7 Å². The zero-order valence-electron chi connectivity index (χ0n) is 10.3. The molecule has 3 heteroatoms. The van der Waals surface area contributed by atoms with Crippen molar-refractivity contribution in [1.29, 1.82) is 0 Å². The van der Waals surface area contributed by atoms with E-state index < -0.39 is 0 Å². The molecule has 0 aliphatic carbocycles. The highest BCUT2D eigenvalue weighted by atomic mass is 32.2. The van der Waals surface area contributed by atoms with E-state index in [2.05, 4.69) is 48.5 Å². The summed E-state index contributed by atoms with van der Waals surface area (Å²) in [6.45, 7) is 4.36. The molecule has 0 saturated heterocycles. The van der Waals surface area contributed by atoms with Gasteiger partial charge in [0, 0.05) is 16.7 Å². The Kier molecular flexibility index (Phi) is 4.63. The predicted molar refractivity (Wildman–Crippen MR) is 78.8 cm³/mol. The fourth-order valence-electron chi connectivity index (χ4n) is 1.60. The number of rotatable bonds is 5. The zero-order valence-corrected chi connectivity index (χ0v) is 11.9. The Morgan fingerprint density at radius 2 is 1.94 bits per heavy atom. The van der Waals surface area contributed by atoms with Crippen LogP contribution in [0.1, 0.15) is 25.1 Å². The Balaban J connectivity index is 2.12. The van der Waals surface area contributed by atoms with Crippen LogP contribution in [0, 0.1) is 0 Å². The second-order valence-corrected chi connectivity index (χ2v) is 5.96. The van der Waals surface area contributed by atoms with E-state index in [-0.39, 0.29) is 0 Å². The highest BCUT2D eigenvalue weighted by Gasteiger charge is 2.04. The van der Waals surface area contributed by atoms with Crippen LogP contribution in [0.4, 0.5) is 0 Å². The number of aromatic nitrogens is 1. The molecule has 0 N–H and O–H groups in total. The summed E-state index contributed by atoms with van der Waals surface area (Å²) < 4.78 is 0. The summed E-state index contributed by atoms with van der Waals surface area (Å²) in [4.78, 5) is 4.67. The van der Waals surface area contributed by atoms with Crippen molar-refractivity contribution >= 4 is 23.1 Å². The van der Waals surface area contributed by atoms with E-state index in [9.17, 15) is 0 Å². The number of nitrogens with zero attached hydrogens (tertiary/aromatic N) is 1. The third-order valence-electron chi connectivity index (χ3n) is 2.61. The maximum atomic E-state index is 4.67. The minimum absolute atomic E-state index is 1.03. The van der Waals surface area contributed by atoms with Crippen molar-refractivity contribution in [2.75, 3.05) is 5.75 Å². The standard InChI is InChI=1S/C14H17NS2/c1-3-11-5-7-12(8-6-11)14-15-13(10-17-14)9-16-4-2/h5-8,10H,3-4,9H2,1-2H3. The minimum Gasteiger partial charge on any atom is -0.240 e. The first-order valence-corrected chi connectivity index (χ1v) is 7.98. The fourth-order valence-corrected chi connectivity index (χ4v) is 3.09. The Morgan fingerprint density at radius 1 is 1.18 bits per heavy atom. The molecule has 2 rings (SSSR count). The minimum atomic E-state index is 1.03. The van der Waals surface area contributed by atoms with Crippen molar-refractivity contribution < 1.29 is 0 Å². The van der Waals surface area contributed by atoms with Gasteiger partial charge < -0.3 is 0 Å². The lowest BCUT2D eigenvalue weighted by atomic mass is 10.1. The second kappa shape index (κ2) is 6.22. The number of thiazole rings is 1. The Hall–Kier alpha value is -0.800. The summed E-state index contributed by atoms with van der Waals surface area (Å²) in [7, 11) is 0. The molecule has 0 unspecified atom stereocenters. The van der Waals surface area contributed by atoms with Crippen molar-refractivity contribution in [2.45, 2.75) is 26.0 Å². The van der Waals surface area contributed by atoms with Gasteiger partial charge in [0.05, 0.1) is 5.69 Å². The van der Waals surface area contributed by atoms with Gasteiger partial charge in [-0.15, -0.1) is 11.3 Å². The Bertz CT molecular complexity index is 459. The molecular weight excluding hydrogens is 246 g/mol. The molecule has 1 aromatic carbocycles. The summed E-state index contributed by atoms with van der Waals surface area (Å²) >= 11 is 3.66. The first-order valence-electron chi connectivity index (χ1n) is 5.95. The molecule has 1 aromatic heterocycles. The number of benzene rings is 1. The molecule has 0 bridgehead atoms. The zero-order chi connectivity index (χ0) is 12.1.